The number of hydrogen-bond donors (Lipinski definition) is 1. The molecule has 0 unspecified atom stereocenters. The molecule has 3 heteroatoms. The highest BCUT2D eigenvalue weighted by Crippen LogP contribution is 2.14. The molecule has 0 fully saturated rings. The molecule has 0 aliphatic heterocycles. The molecular weight excluding hydrogens is 200 g/mol. The van der Waals surface area contributed by atoms with E-state index >= 15 is 0 Å². The Bertz CT molecular complexity index is 93.1. The van der Waals surface area contributed by atoms with Crippen LogP contribution in [0, 0.1) is 0 Å². The van der Waals surface area contributed by atoms with Crippen LogP contribution in [0.25, 0.3) is 0 Å². The maximum absolute atomic E-state index is 8.39. The Balaban J connectivity index is 3.21. The van der Waals surface area contributed by atoms with E-state index in [1.807, 2.05) is 5.41 Å². The van der Waals surface area contributed by atoms with Gasteiger partial charge in [0.2, 0.25) is 0 Å². The first-order chi connectivity index (χ1) is 4.31. The fraction of sp³-hybridized carbons (Fsp3) is 0.667. The minimum atomic E-state index is 0.255. The molecule has 0 saturated carbocycles. The molecule has 1 N–H and O–H groups in total. The van der Waals surface area contributed by atoms with Gasteiger partial charge in [0.15, 0.2) is 0 Å². The van der Waals surface area contributed by atoms with Gasteiger partial charge in [-0.2, -0.15) is 0 Å². The number of halogens is 1. The van der Waals surface area contributed by atoms with E-state index in [1.165, 1.54) is 4.48 Å². The van der Waals surface area contributed by atoms with Crippen LogP contribution >= 0.6 is 27.7 Å². The molecule has 9 heavy (non-hydrogen) atoms. The Labute approximate surface area is 68.7 Å². The highest BCUT2D eigenvalue weighted by atomic mass is 79.9. The van der Waals surface area contributed by atoms with Crippen molar-refractivity contribution in [1.29, 1.82) is 0 Å². The van der Waals surface area contributed by atoms with E-state index in [-0.39, 0.29) is 6.61 Å². The van der Waals surface area contributed by atoms with Gasteiger partial charge in [-0.25, -0.2) is 0 Å². The SMILES string of the molecule is CC/C(Br)=C\SCCO. The largest absolute Gasteiger partial charge is 0.396 e. The van der Waals surface area contributed by atoms with Crippen LogP contribution in [-0.4, -0.2) is 17.5 Å². The summed E-state index contributed by atoms with van der Waals surface area (Å²) in [5, 5.41) is 10.4. The Morgan fingerprint density at radius 3 is 2.89 bits per heavy atom. The van der Waals surface area contributed by atoms with Gasteiger partial charge < -0.3 is 5.11 Å². The Kier molecular flexibility index (Phi) is 7.04. The average molecular weight is 211 g/mol. The number of allylic oxidation sites excluding steroid dienone is 1. The van der Waals surface area contributed by atoms with Crippen LogP contribution in [0.2, 0.25) is 0 Å². The van der Waals surface area contributed by atoms with E-state index in [9.17, 15) is 0 Å². The number of aliphatic hydroxyl groups is 1. The summed E-state index contributed by atoms with van der Waals surface area (Å²) in [6.45, 7) is 2.34. The maximum atomic E-state index is 8.39. The second-order valence-electron chi connectivity index (χ2n) is 1.51. The molecule has 0 atom stereocenters. The molecule has 0 rings (SSSR count). The van der Waals surface area contributed by atoms with Gasteiger partial charge >= 0.3 is 0 Å². The predicted octanol–water partition coefficient (Wildman–Crippen LogP) is 2.36. The van der Waals surface area contributed by atoms with Crippen molar-refractivity contribution in [3.05, 3.63) is 9.89 Å². The van der Waals surface area contributed by atoms with Gasteiger partial charge in [-0.1, -0.05) is 22.9 Å². The van der Waals surface area contributed by atoms with Gasteiger partial charge in [-0.3, -0.25) is 0 Å². The highest BCUT2D eigenvalue weighted by molar-refractivity contribution is 9.11. The monoisotopic (exact) mass is 210 g/mol. The summed E-state index contributed by atoms with van der Waals surface area (Å²) in [7, 11) is 0. The van der Waals surface area contributed by atoms with Gasteiger partial charge in [0.25, 0.3) is 0 Å². The zero-order valence-electron chi connectivity index (χ0n) is 5.43. The first-order valence-electron chi connectivity index (χ1n) is 2.88. The van der Waals surface area contributed by atoms with E-state index in [2.05, 4.69) is 22.9 Å². The molecule has 0 aromatic rings. The van der Waals surface area contributed by atoms with Crippen molar-refractivity contribution in [3.8, 4) is 0 Å². The van der Waals surface area contributed by atoms with Crippen LogP contribution in [0.5, 0.6) is 0 Å². The second-order valence-corrected chi connectivity index (χ2v) is 3.51. The lowest BCUT2D eigenvalue weighted by molar-refractivity contribution is 0.322. The van der Waals surface area contributed by atoms with Crippen molar-refractivity contribution >= 4 is 27.7 Å². The zero-order chi connectivity index (χ0) is 7.11. The molecule has 0 spiro atoms. The van der Waals surface area contributed by atoms with Gasteiger partial charge in [0.1, 0.15) is 0 Å². The van der Waals surface area contributed by atoms with Crippen molar-refractivity contribution in [3.63, 3.8) is 0 Å². The van der Waals surface area contributed by atoms with Crippen molar-refractivity contribution in [2.45, 2.75) is 13.3 Å². The summed E-state index contributed by atoms with van der Waals surface area (Å²) in [5.41, 5.74) is 0. The van der Waals surface area contributed by atoms with Gasteiger partial charge in [-0.05, 0) is 11.8 Å². The minimum Gasteiger partial charge on any atom is -0.396 e. The lowest BCUT2D eigenvalue weighted by Crippen LogP contribution is -1.82. The lowest BCUT2D eigenvalue weighted by atomic mass is 10.5. The molecule has 0 radical (unpaired) electrons. The quantitative estimate of drug-likeness (QED) is 0.720. The zero-order valence-corrected chi connectivity index (χ0v) is 7.83. The van der Waals surface area contributed by atoms with Gasteiger partial charge in [0, 0.05) is 10.2 Å². The summed E-state index contributed by atoms with van der Waals surface area (Å²) < 4.78 is 1.20. The molecule has 54 valence electrons. The lowest BCUT2D eigenvalue weighted by Gasteiger charge is -1.91. The molecule has 0 saturated heterocycles. The number of rotatable bonds is 4. The van der Waals surface area contributed by atoms with E-state index in [4.69, 9.17) is 5.11 Å². The van der Waals surface area contributed by atoms with E-state index in [1.54, 1.807) is 11.8 Å². The van der Waals surface area contributed by atoms with Crippen molar-refractivity contribution < 1.29 is 5.11 Å². The second kappa shape index (κ2) is 6.65. The van der Waals surface area contributed by atoms with E-state index < -0.39 is 0 Å². The van der Waals surface area contributed by atoms with Gasteiger partial charge in [-0.15, -0.1) is 11.8 Å². The van der Waals surface area contributed by atoms with Crippen molar-refractivity contribution in [1.82, 2.24) is 0 Å². The molecular formula is C6H11BrOS. The summed E-state index contributed by atoms with van der Waals surface area (Å²) >= 11 is 4.99. The number of aliphatic hydroxyl groups excluding tert-OH is 1. The summed E-state index contributed by atoms with van der Waals surface area (Å²) in [6.07, 6.45) is 1.03. The molecule has 0 aliphatic carbocycles. The van der Waals surface area contributed by atoms with Gasteiger partial charge in [0.05, 0.1) is 6.61 Å². The Hall–Kier alpha value is 0.530. The summed E-state index contributed by atoms with van der Waals surface area (Å²) in [6, 6.07) is 0. The molecule has 0 bridgehead atoms. The fourth-order valence-electron chi connectivity index (χ4n) is 0.285. The third-order valence-corrected chi connectivity index (χ3v) is 2.72. The van der Waals surface area contributed by atoms with Crippen LogP contribution in [0.1, 0.15) is 13.3 Å². The number of thioether (sulfide) groups is 1. The third kappa shape index (κ3) is 6.41. The van der Waals surface area contributed by atoms with E-state index in [0.717, 1.165) is 12.2 Å². The molecule has 0 aromatic carbocycles. The molecule has 0 amide bonds. The smallest absolute Gasteiger partial charge is 0.0525 e. The first-order valence-corrected chi connectivity index (χ1v) is 4.72. The van der Waals surface area contributed by atoms with Crippen LogP contribution in [-0.2, 0) is 0 Å². The standard InChI is InChI=1S/C6H11BrOS/c1-2-6(7)5-9-4-3-8/h5,8H,2-4H2,1H3/b6-5+. The Morgan fingerprint density at radius 2 is 2.44 bits per heavy atom. The minimum absolute atomic E-state index is 0.255. The first kappa shape index (κ1) is 9.53. The fourth-order valence-corrected chi connectivity index (χ4v) is 1.25. The molecule has 1 nitrogen and oxygen atoms in total. The van der Waals surface area contributed by atoms with Crippen LogP contribution in [0.4, 0.5) is 0 Å². The van der Waals surface area contributed by atoms with Crippen molar-refractivity contribution in [2.75, 3.05) is 12.4 Å². The third-order valence-electron chi connectivity index (χ3n) is 0.758. The van der Waals surface area contributed by atoms with Crippen LogP contribution < -0.4 is 0 Å². The topological polar surface area (TPSA) is 20.2 Å². The average Bonchev–Trinajstić information content (AvgIpc) is 1.89. The maximum Gasteiger partial charge on any atom is 0.0525 e. The van der Waals surface area contributed by atoms with Crippen LogP contribution in [0.15, 0.2) is 9.89 Å². The van der Waals surface area contributed by atoms with Crippen molar-refractivity contribution in [2.24, 2.45) is 0 Å². The molecule has 0 heterocycles. The number of hydrogen-bond acceptors (Lipinski definition) is 2. The van der Waals surface area contributed by atoms with E-state index in [0.29, 0.717) is 0 Å². The van der Waals surface area contributed by atoms with Crippen LogP contribution in [0.3, 0.4) is 0 Å². The summed E-state index contributed by atoms with van der Waals surface area (Å²) in [5.74, 6) is 0.787. The summed E-state index contributed by atoms with van der Waals surface area (Å²) in [4.78, 5) is 0. The predicted molar refractivity (Wildman–Crippen MR) is 46.8 cm³/mol. The molecule has 0 aliphatic rings. The molecule has 0 aromatic heterocycles. The Morgan fingerprint density at radius 1 is 1.78 bits per heavy atom. The normalized spacial score (nSPS) is 12.1. The highest BCUT2D eigenvalue weighted by Gasteiger charge is 1.84.